The molecule has 0 aliphatic carbocycles. The molecule has 1 aliphatic heterocycles. The number of carbonyl (C=O) groups is 1. The third-order valence-electron chi connectivity index (χ3n) is 6.90. The molecule has 180 valence electrons. The highest BCUT2D eigenvalue weighted by molar-refractivity contribution is 6.30. The topological polar surface area (TPSA) is 47.7 Å². The Labute approximate surface area is 214 Å². The van der Waals surface area contributed by atoms with Crippen molar-refractivity contribution in [2.24, 2.45) is 0 Å². The number of amides is 1. The maximum absolute atomic E-state index is 13.9. The Morgan fingerprint density at radius 1 is 0.917 bits per heavy atom. The molecular formula is C30H26ClN3O2. The average molecular weight is 496 g/mol. The van der Waals surface area contributed by atoms with Gasteiger partial charge in [0.1, 0.15) is 17.1 Å². The summed E-state index contributed by atoms with van der Waals surface area (Å²) in [6, 6.07) is 25.6. The molecule has 1 amide bonds. The number of aryl methyl sites for hydroxylation is 2. The van der Waals surface area contributed by atoms with Gasteiger partial charge in [-0.05, 0) is 66.8 Å². The van der Waals surface area contributed by atoms with E-state index in [2.05, 4.69) is 44.7 Å². The molecule has 0 saturated carbocycles. The molecule has 5 nitrogen and oxygen atoms in total. The van der Waals surface area contributed by atoms with Gasteiger partial charge < -0.3 is 14.6 Å². The lowest BCUT2D eigenvalue weighted by molar-refractivity contribution is 0.102. The quantitative estimate of drug-likeness (QED) is 0.277. The monoisotopic (exact) mass is 495 g/mol. The lowest BCUT2D eigenvalue weighted by Crippen LogP contribution is -2.15. The number of aromatic nitrogens is 2. The number of hydrogen-bond acceptors (Lipinski definition) is 2. The van der Waals surface area contributed by atoms with Crippen molar-refractivity contribution >= 4 is 28.8 Å². The van der Waals surface area contributed by atoms with E-state index in [1.165, 1.54) is 5.56 Å². The van der Waals surface area contributed by atoms with E-state index in [1.807, 2.05) is 54.6 Å². The average Bonchev–Trinajstić information content (AvgIpc) is 3.33. The van der Waals surface area contributed by atoms with Gasteiger partial charge in [-0.3, -0.25) is 9.20 Å². The zero-order valence-electron chi connectivity index (χ0n) is 20.0. The van der Waals surface area contributed by atoms with Crippen molar-refractivity contribution < 1.29 is 9.53 Å². The molecule has 0 radical (unpaired) electrons. The second kappa shape index (κ2) is 9.25. The van der Waals surface area contributed by atoms with E-state index in [0.29, 0.717) is 16.4 Å². The molecule has 6 rings (SSSR count). The van der Waals surface area contributed by atoms with Crippen LogP contribution in [0.5, 0.6) is 5.75 Å². The molecule has 6 heteroatoms. The number of nitrogens with one attached hydrogen (secondary N) is 1. The van der Waals surface area contributed by atoms with Crippen LogP contribution < -0.4 is 10.1 Å². The minimum atomic E-state index is -0.149. The van der Waals surface area contributed by atoms with Gasteiger partial charge in [-0.1, -0.05) is 54.1 Å². The van der Waals surface area contributed by atoms with E-state index < -0.39 is 0 Å². The number of carbonyl (C=O) groups excluding carboxylic acids is 1. The summed E-state index contributed by atoms with van der Waals surface area (Å²) in [5.74, 6) is 0.595. The maximum Gasteiger partial charge on any atom is 0.273 e. The van der Waals surface area contributed by atoms with Crippen molar-refractivity contribution in [1.29, 1.82) is 0 Å². The van der Waals surface area contributed by atoms with Gasteiger partial charge in [0.25, 0.3) is 5.91 Å². The Balaban J connectivity index is 1.57. The molecule has 0 atom stereocenters. The van der Waals surface area contributed by atoms with Crippen molar-refractivity contribution in [2.45, 2.75) is 25.8 Å². The molecule has 3 heterocycles. The van der Waals surface area contributed by atoms with E-state index in [4.69, 9.17) is 16.3 Å². The van der Waals surface area contributed by atoms with Crippen LogP contribution in [0.1, 0.15) is 28.9 Å². The van der Waals surface area contributed by atoms with Gasteiger partial charge in [0.15, 0.2) is 0 Å². The Bertz CT molecular complexity index is 1550. The molecule has 0 spiro atoms. The van der Waals surface area contributed by atoms with Crippen LogP contribution >= 0.6 is 11.6 Å². The van der Waals surface area contributed by atoms with Crippen molar-refractivity contribution in [3.8, 4) is 28.1 Å². The summed E-state index contributed by atoms with van der Waals surface area (Å²) < 4.78 is 9.73. The number of halogens is 1. The van der Waals surface area contributed by atoms with Crippen molar-refractivity contribution in [1.82, 2.24) is 8.97 Å². The first-order valence-corrected chi connectivity index (χ1v) is 12.5. The van der Waals surface area contributed by atoms with Gasteiger partial charge in [-0.15, -0.1) is 0 Å². The van der Waals surface area contributed by atoms with Crippen LogP contribution in [0.3, 0.4) is 0 Å². The van der Waals surface area contributed by atoms with Crippen LogP contribution in [0, 0.1) is 0 Å². The molecule has 0 fully saturated rings. The number of nitrogens with zero attached hydrogens (tertiary/aromatic N) is 2. The summed E-state index contributed by atoms with van der Waals surface area (Å²) in [5.41, 5.74) is 7.88. The van der Waals surface area contributed by atoms with Gasteiger partial charge in [0.2, 0.25) is 0 Å². The predicted molar refractivity (Wildman–Crippen MR) is 145 cm³/mol. The number of rotatable bonds is 5. The van der Waals surface area contributed by atoms with E-state index in [-0.39, 0.29) is 5.91 Å². The van der Waals surface area contributed by atoms with Crippen LogP contribution in [0.4, 0.5) is 5.69 Å². The second-order valence-electron chi connectivity index (χ2n) is 9.07. The largest absolute Gasteiger partial charge is 0.497 e. The SMILES string of the molecule is COc1ccc(NC(=O)c2c(-c3ccc(Cl)cc3)c3c4n(c(-c5ccccc5)cn24)CCCC3)cc1. The Morgan fingerprint density at radius 2 is 1.67 bits per heavy atom. The minimum absolute atomic E-state index is 0.149. The predicted octanol–water partition coefficient (Wildman–Crippen LogP) is 7.33. The summed E-state index contributed by atoms with van der Waals surface area (Å²) in [6.45, 7) is 0.914. The zero-order chi connectivity index (χ0) is 24.6. The lowest BCUT2D eigenvalue weighted by Gasteiger charge is -2.11. The fourth-order valence-corrected chi connectivity index (χ4v) is 5.37. The smallest absolute Gasteiger partial charge is 0.273 e. The number of anilines is 1. The van der Waals surface area contributed by atoms with Crippen LogP contribution in [-0.2, 0) is 13.0 Å². The van der Waals surface area contributed by atoms with Crippen molar-refractivity contribution in [2.75, 3.05) is 12.4 Å². The van der Waals surface area contributed by atoms with E-state index in [1.54, 1.807) is 7.11 Å². The van der Waals surface area contributed by atoms with Crippen LogP contribution in [0.25, 0.3) is 28.0 Å². The molecule has 0 bridgehead atoms. The first-order chi connectivity index (χ1) is 17.6. The van der Waals surface area contributed by atoms with Crippen molar-refractivity contribution in [3.63, 3.8) is 0 Å². The summed E-state index contributed by atoms with van der Waals surface area (Å²) >= 11 is 6.22. The highest BCUT2D eigenvalue weighted by Gasteiger charge is 2.29. The van der Waals surface area contributed by atoms with E-state index in [0.717, 1.165) is 59.6 Å². The molecule has 0 saturated heterocycles. The third kappa shape index (κ3) is 3.86. The number of methoxy groups -OCH3 is 1. The van der Waals surface area contributed by atoms with E-state index in [9.17, 15) is 4.79 Å². The molecule has 0 unspecified atom stereocenters. The third-order valence-corrected chi connectivity index (χ3v) is 7.15. The van der Waals surface area contributed by atoms with Gasteiger partial charge in [-0.25, -0.2) is 0 Å². The van der Waals surface area contributed by atoms with Crippen molar-refractivity contribution in [3.05, 3.63) is 101 Å². The van der Waals surface area contributed by atoms with Gasteiger partial charge in [0.05, 0.1) is 12.8 Å². The van der Waals surface area contributed by atoms with E-state index >= 15 is 0 Å². The number of benzene rings is 3. The fourth-order valence-electron chi connectivity index (χ4n) is 5.24. The summed E-state index contributed by atoms with van der Waals surface area (Å²) in [6.07, 6.45) is 5.18. The summed E-state index contributed by atoms with van der Waals surface area (Å²) in [7, 11) is 1.63. The summed E-state index contributed by atoms with van der Waals surface area (Å²) in [4.78, 5) is 13.9. The Morgan fingerprint density at radius 3 is 2.39 bits per heavy atom. The molecular weight excluding hydrogens is 470 g/mol. The lowest BCUT2D eigenvalue weighted by atomic mass is 9.97. The zero-order valence-corrected chi connectivity index (χ0v) is 20.8. The molecule has 36 heavy (non-hydrogen) atoms. The fraction of sp³-hybridized carbons (Fsp3) is 0.167. The molecule has 1 N–H and O–H groups in total. The van der Waals surface area contributed by atoms with Crippen LogP contribution in [0.2, 0.25) is 5.02 Å². The Hall–Kier alpha value is -3.96. The van der Waals surface area contributed by atoms with Crippen LogP contribution in [0.15, 0.2) is 85.1 Å². The normalized spacial score (nSPS) is 12.9. The highest BCUT2D eigenvalue weighted by atomic mass is 35.5. The van der Waals surface area contributed by atoms with Gasteiger partial charge in [0, 0.05) is 34.6 Å². The van der Waals surface area contributed by atoms with Crippen LogP contribution in [-0.4, -0.2) is 22.0 Å². The summed E-state index contributed by atoms with van der Waals surface area (Å²) in [5, 5.41) is 3.79. The second-order valence-corrected chi connectivity index (χ2v) is 9.51. The standard InChI is InChI=1S/C30H26ClN3O2/c1-36-24-16-14-23(15-17-24)32-29(35)28-27(21-10-12-22(31)13-11-21)25-9-5-6-18-33-26(19-34(28)30(25)33)20-7-3-2-4-8-20/h2-4,7-8,10-17,19H,5-6,9,18H2,1H3,(H,32,35). The minimum Gasteiger partial charge on any atom is -0.497 e. The van der Waals surface area contributed by atoms with Gasteiger partial charge in [-0.2, -0.15) is 0 Å². The number of imidazole rings is 1. The molecule has 5 aromatic rings. The molecule has 2 aromatic heterocycles. The Kier molecular flexibility index (Phi) is 5.78. The first-order valence-electron chi connectivity index (χ1n) is 12.2. The molecule has 1 aliphatic rings. The van der Waals surface area contributed by atoms with Gasteiger partial charge >= 0.3 is 0 Å². The first kappa shape index (κ1) is 22.5. The molecule has 3 aromatic carbocycles. The number of ether oxygens (including phenoxy) is 1. The highest BCUT2D eigenvalue weighted by Crippen LogP contribution is 2.40. The number of hydrogen-bond donors (Lipinski definition) is 1. The maximum atomic E-state index is 13.9.